The van der Waals surface area contributed by atoms with Gasteiger partial charge in [-0.3, -0.25) is 0 Å². The van der Waals surface area contributed by atoms with Crippen LogP contribution in [-0.4, -0.2) is 0 Å². The molecule has 0 aliphatic heterocycles. The first-order valence-electron chi connectivity index (χ1n) is 3.22. The monoisotopic (exact) mass is 302 g/mol. The van der Waals surface area contributed by atoms with Crippen LogP contribution in [0.4, 0.5) is 0 Å². The summed E-state index contributed by atoms with van der Waals surface area (Å²) in [6.07, 6.45) is 8.58. The average Bonchev–Trinajstić information content (AvgIpc) is 1.85. The molecule has 0 bridgehead atoms. The summed E-state index contributed by atoms with van der Waals surface area (Å²) in [5.74, 6) is 0. The van der Waals surface area contributed by atoms with Crippen LogP contribution in [-0.2, 0) is 18.9 Å². The van der Waals surface area contributed by atoms with E-state index in [1.807, 2.05) is 12.2 Å². The normalized spacial score (nSPS) is 14.1. The van der Waals surface area contributed by atoms with Gasteiger partial charge in [0.15, 0.2) is 0 Å². The molecule has 0 aliphatic rings. The first-order chi connectivity index (χ1) is 4.31. The average molecular weight is 301 g/mol. The standard InChI is InChI=1S/C8H13.Ir/c1-3-5-7-8-6-4-2;/h3,5,7-8H,1,4,6H2,2H3;. The van der Waals surface area contributed by atoms with Gasteiger partial charge < -0.3 is 0 Å². The molecule has 0 aromatic rings. The van der Waals surface area contributed by atoms with Gasteiger partial charge >= 0.3 is 67.9 Å². The number of hydrogen-bond donors (Lipinski definition) is 0. The molecule has 1 unspecified atom stereocenters. The molecule has 0 saturated heterocycles. The van der Waals surface area contributed by atoms with E-state index >= 15 is 0 Å². The van der Waals surface area contributed by atoms with E-state index < -0.39 is 0 Å². The zero-order chi connectivity index (χ0) is 7.11. The second-order valence-corrected chi connectivity index (χ2v) is 3.67. The van der Waals surface area contributed by atoms with Gasteiger partial charge in [-0.05, 0) is 0 Å². The van der Waals surface area contributed by atoms with Gasteiger partial charge in [0.25, 0.3) is 0 Å². The van der Waals surface area contributed by atoms with Crippen molar-refractivity contribution in [2.45, 2.75) is 24.2 Å². The molecule has 0 rings (SSSR count). The topological polar surface area (TPSA) is 0 Å². The molecule has 0 heterocycles. The van der Waals surface area contributed by atoms with E-state index in [0.29, 0.717) is 4.43 Å². The fourth-order valence-corrected chi connectivity index (χ4v) is 1.51. The molecule has 0 spiro atoms. The first-order valence-corrected chi connectivity index (χ1v) is 4.60. The predicted molar refractivity (Wildman–Crippen MR) is 38.0 cm³/mol. The van der Waals surface area contributed by atoms with E-state index in [4.69, 9.17) is 0 Å². The zero-order valence-electron chi connectivity index (χ0n) is 5.76. The second-order valence-electron chi connectivity index (χ2n) is 1.89. The summed E-state index contributed by atoms with van der Waals surface area (Å²) in [4.78, 5) is 0. The summed E-state index contributed by atoms with van der Waals surface area (Å²) in [6.45, 7) is 5.81. The van der Waals surface area contributed by atoms with E-state index in [1.165, 1.54) is 12.8 Å². The summed E-state index contributed by atoms with van der Waals surface area (Å²) in [5, 5.41) is 0. The van der Waals surface area contributed by atoms with Crippen molar-refractivity contribution < 1.29 is 18.9 Å². The van der Waals surface area contributed by atoms with E-state index in [9.17, 15) is 0 Å². The molecule has 1 atom stereocenters. The fourth-order valence-electron chi connectivity index (χ4n) is 0.553. The predicted octanol–water partition coefficient (Wildman–Crippen LogP) is 2.86. The fraction of sp³-hybridized carbons (Fsp3) is 0.500. The molecule has 54 valence electrons. The molecule has 0 amide bonds. The molecular weight excluding hydrogens is 288 g/mol. The van der Waals surface area contributed by atoms with Crippen molar-refractivity contribution >= 4 is 0 Å². The molecule has 0 radical (unpaired) electrons. The van der Waals surface area contributed by atoms with Crippen LogP contribution in [0, 0.1) is 0 Å². The van der Waals surface area contributed by atoms with Gasteiger partial charge in [-0.15, -0.1) is 0 Å². The Hall–Kier alpha value is 0.129. The number of rotatable bonds is 4. The van der Waals surface area contributed by atoms with Gasteiger partial charge in [0.1, 0.15) is 0 Å². The molecule has 1 heteroatoms. The SMILES string of the molecule is C=CC=C[CH]([Ir])CCC. The van der Waals surface area contributed by atoms with Crippen molar-refractivity contribution in [2.75, 3.05) is 0 Å². The third-order valence-electron chi connectivity index (χ3n) is 0.999. The third kappa shape index (κ3) is 6.01. The van der Waals surface area contributed by atoms with Gasteiger partial charge in [0.05, 0.1) is 0 Å². The minimum atomic E-state index is 0.716. The quantitative estimate of drug-likeness (QED) is 0.701. The molecule has 0 saturated carbocycles. The van der Waals surface area contributed by atoms with Crippen LogP contribution in [0.1, 0.15) is 19.8 Å². The molecule has 0 aliphatic carbocycles. The molecule has 0 N–H and O–H groups in total. The Morgan fingerprint density at radius 2 is 2.33 bits per heavy atom. The van der Waals surface area contributed by atoms with Crippen LogP contribution in [0.2, 0.25) is 4.43 Å². The molecule has 0 aromatic carbocycles. The Kier molecular flexibility index (Phi) is 6.34. The van der Waals surface area contributed by atoms with Crippen LogP contribution >= 0.6 is 0 Å². The summed E-state index contributed by atoms with van der Waals surface area (Å²) < 4.78 is 0.716. The van der Waals surface area contributed by atoms with E-state index in [1.54, 1.807) is 0 Å². The van der Waals surface area contributed by atoms with E-state index in [2.05, 4.69) is 38.5 Å². The molecule has 9 heavy (non-hydrogen) atoms. The van der Waals surface area contributed by atoms with Crippen LogP contribution < -0.4 is 0 Å². The van der Waals surface area contributed by atoms with Crippen molar-refractivity contribution in [1.82, 2.24) is 0 Å². The Bertz CT molecular complexity index is 94.7. The molecule has 0 fully saturated rings. The molecular formula is C8H13Ir. The second kappa shape index (κ2) is 6.25. The summed E-state index contributed by atoms with van der Waals surface area (Å²) in [5.41, 5.74) is 0. The Labute approximate surface area is 68.2 Å². The van der Waals surface area contributed by atoms with Gasteiger partial charge in [-0.1, -0.05) is 0 Å². The van der Waals surface area contributed by atoms with Gasteiger partial charge in [0, 0.05) is 0 Å². The van der Waals surface area contributed by atoms with Crippen molar-refractivity contribution in [3.05, 3.63) is 24.8 Å². The first kappa shape index (κ1) is 9.13. The maximum absolute atomic E-state index is 3.61. The van der Waals surface area contributed by atoms with Crippen molar-refractivity contribution in [3.8, 4) is 0 Å². The summed E-state index contributed by atoms with van der Waals surface area (Å²) >= 11 is 2.23. The van der Waals surface area contributed by atoms with Gasteiger partial charge in [0.2, 0.25) is 0 Å². The van der Waals surface area contributed by atoms with Crippen LogP contribution in [0.15, 0.2) is 24.8 Å². The van der Waals surface area contributed by atoms with E-state index in [-0.39, 0.29) is 0 Å². The summed E-state index contributed by atoms with van der Waals surface area (Å²) in [7, 11) is 0. The van der Waals surface area contributed by atoms with E-state index in [0.717, 1.165) is 0 Å². The Morgan fingerprint density at radius 3 is 2.78 bits per heavy atom. The van der Waals surface area contributed by atoms with Crippen molar-refractivity contribution in [2.24, 2.45) is 0 Å². The third-order valence-corrected chi connectivity index (χ3v) is 2.15. The van der Waals surface area contributed by atoms with Crippen LogP contribution in [0.3, 0.4) is 0 Å². The molecule has 0 aromatic heterocycles. The van der Waals surface area contributed by atoms with Crippen molar-refractivity contribution in [1.29, 1.82) is 0 Å². The van der Waals surface area contributed by atoms with Crippen molar-refractivity contribution in [3.63, 3.8) is 0 Å². The van der Waals surface area contributed by atoms with Crippen LogP contribution in [0.5, 0.6) is 0 Å². The maximum atomic E-state index is 3.61. The van der Waals surface area contributed by atoms with Gasteiger partial charge in [-0.2, -0.15) is 0 Å². The Balaban J connectivity index is 3.35. The Morgan fingerprint density at radius 1 is 1.67 bits per heavy atom. The molecule has 0 nitrogen and oxygen atoms in total. The number of hydrogen-bond acceptors (Lipinski definition) is 0. The van der Waals surface area contributed by atoms with Crippen LogP contribution in [0.25, 0.3) is 0 Å². The minimum absolute atomic E-state index is 0.716. The zero-order valence-corrected chi connectivity index (χ0v) is 8.16. The van der Waals surface area contributed by atoms with Gasteiger partial charge in [-0.25, -0.2) is 0 Å². The summed E-state index contributed by atoms with van der Waals surface area (Å²) in [6, 6.07) is 0. The number of allylic oxidation sites excluding steroid dienone is 3.